The van der Waals surface area contributed by atoms with Gasteiger partial charge in [0.25, 0.3) is 0 Å². The molecule has 0 aliphatic rings. The Balaban J connectivity index is 0.00000106. The summed E-state index contributed by atoms with van der Waals surface area (Å²) in [7, 11) is 0. The van der Waals surface area contributed by atoms with Crippen molar-refractivity contribution >= 4 is 5.69 Å². The van der Waals surface area contributed by atoms with Crippen molar-refractivity contribution in [2.45, 2.75) is 27.7 Å². The predicted molar refractivity (Wildman–Crippen MR) is 58.0 cm³/mol. The number of halogens is 3. The summed E-state index contributed by atoms with van der Waals surface area (Å²) < 4.78 is 44.1. The largest absolute Gasteiger partial charge is 0.488 e. The van der Waals surface area contributed by atoms with Gasteiger partial charge in [-0.2, -0.15) is 0 Å². The average Bonchev–Trinajstić information content (AvgIpc) is 2.32. The summed E-state index contributed by atoms with van der Waals surface area (Å²) in [6, 6.07) is 0. The Hall–Kier alpha value is -1.39. The average molecular weight is 235 g/mol. The fourth-order valence-electron chi connectivity index (χ4n) is 1.05. The van der Waals surface area contributed by atoms with Crippen molar-refractivity contribution in [2.24, 2.45) is 0 Å². The molecule has 0 spiro atoms. The van der Waals surface area contributed by atoms with Crippen LogP contribution in [0.1, 0.15) is 26.3 Å². The second-order valence-corrected chi connectivity index (χ2v) is 2.74. The summed E-state index contributed by atoms with van der Waals surface area (Å²) >= 11 is 0. The summed E-state index contributed by atoms with van der Waals surface area (Å²) in [6.07, 6.45) is 0. The molecule has 0 unspecified atom stereocenters. The van der Waals surface area contributed by atoms with E-state index in [2.05, 4.69) is 4.74 Å². The zero-order chi connectivity index (χ0) is 12.9. The molecule has 0 bridgehead atoms. The van der Waals surface area contributed by atoms with Gasteiger partial charge in [0.1, 0.15) is 5.69 Å². The molecule has 0 aliphatic carbocycles. The molecule has 0 amide bonds. The Morgan fingerprint density at radius 2 is 1.56 bits per heavy atom. The highest BCUT2D eigenvalue weighted by molar-refractivity contribution is 5.51. The lowest BCUT2D eigenvalue weighted by atomic mass is 10.1. The van der Waals surface area contributed by atoms with Crippen LogP contribution in [0.25, 0.3) is 0 Å². The first-order chi connectivity index (χ1) is 7.50. The van der Waals surface area contributed by atoms with Crippen molar-refractivity contribution in [3.8, 4) is 5.75 Å². The Labute approximate surface area is 93.2 Å². The van der Waals surface area contributed by atoms with Crippen LogP contribution in [0.4, 0.5) is 18.9 Å². The molecule has 2 N–H and O–H groups in total. The van der Waals surface area contributed by atoms with Crippen LogP contribution in [0, 0.1) is 24.4 Å². The van der Waals surface area contributed by atoms with Crippen molar-refractivity contribution in [1.82, 2.24) is 0 Å². The number of nitrogens with two attached hydrogens (primary N) is 1. The molecule has 92 valence electrons. The Morgan fingerprint density at radius 3 is 2.00 bits per heavy atom. The van der Waals surface area contributed by atoms with Gasteiger partial charge < -0.3 is 10.5 Å². The molecular formula is C11H16F3NO. The molecule has 1 rings (SSSR count). The third-order valence-electron chi connectivity index (χ3n) is 1.82. The molecule has 0 saturated heterocycles. The molecule has 0 aliphatic heterocycles. The van der Waals surface area contributed by atoms with Crippen molar-refractivity contribution in [1.29, 1.82) is 0 Å². The quantitative estimate of drug-likeness (QED) is 0.797. The summed E-state index contributed by atoms with van der Waals surface area (Å²) in [5, 5.41) is 0. The number of rotatable bonds is 2. The van der Waals surface area contributed by atoms with Gasteiger partial charge in [0.05, 0.1) is 6.61 Å². The lowest BCUT2D eigenvalue weighted by molar-refractivity contribution is 0.300. The lowest BCUT2D eigenvalue weighted by Gasteiger charge is -2.11. The van der Waals surface area contributed by atoms with Crippen LogP contribution >= 0.6 is 0 Å². The van der Waals surface area contributed by atoms with Crippen molar-refractivity contribution < 1.29 is 17.9 Å². The van der Waals surface area contributed by atoms with E-state index in [-0.39, 0.29) is 12.2 Å². The fraction of sp³-hybridized carbons (Fsp3) is 0.455. The van der Waals surface area contributed by atoms with E-state index in [1.165, 1.54) is 6.92 Å². The molecule has 1 aromatic carbocycles. The molecule has 0 atom stereocenters. The first-order valence-electron chi connectivity index (χ1n) is 5.06. The number of anilines is 1. The Kier molecular flexibility index (Phi) is 5.71. The molecule has 0 radical (unpaired) electrons. The van der Waals surface area contributed by atoms with Gasteiger partial charge in [-0.05, 0) is 13.8 Å². The van der Waals surface area contributed by atoms with E-state index < -0.39 is 28.9 Å². The summed E-state index contributed by atoms with van der Waals surface area (Å²) in [6.45, 7) is 6.81. The smallest absolute Gasteiger partial charge is 0.193 e. The molecule has 16 heavy (non-hydrogen) atoms. The number of hydrogen-bond donors (Lipinski definition) is 1. The topological polar surface area (TPSA) is 35.2 Å². The monoisotopic (exact) mass is 235 g/mol. The summed E-state index contributed by atoms with van der Waals surface area (Å²) in [4.78, 5) is 0. The molecule has 0 aromatic heterocycles. The second kappa shape index (κ2) is 6.25. The molecule has 0 fully saturated rings. The van der Waals surface area contributed by atoms with Gasteiger partial charge >= 0.3 is 0 Å². The standard InChI is InChI=1S/C9H10F3NO.C2H6/c1-3-14-9-6(11)4(2)5(10)8(13)7(9)12;1-2/h3,13H2,1-2H3;1-2H3. The van der Waals surface area contributed by atoms with Gasteiger partial charge in [-0.25, -0.2) is 13.2 Å². The van der Waals surface area contributed by atoms with Crippen LogP contribution in [0.5, 0.6) is 5.75 Å². The number of ether oxygens (including phenoxy) is 1. The lowest BCUT2D eigenvalue weighted by Crippen LogP contribution is -2.06. The van der Waals surface area contributed by atoms with E-state index in [1.54, 1.807) is 6.92 Å². The number of benzene rings is 1. The van der Waals surface area contributed by atoms with E-state index in [0.717, 1.165) is 0 Å². The van der Waals surface area contributed by atoms with Crippen LogP contribution in [-0.4, -0.2) is 6.61 Å². The molecule has 1 aromatic rings. The van der Waals surface area contributed by atoms with Crippen LogP contribution in [-0.2, 0) is 0 Å². The number of nitrogen functional groups attached to an aromatic ring is 1. The summed E-state index contributed by atoms with van der Waals surface area (Å²) in [5.41, 5.74) is 4.03. The first-order valence-corrected chi connectivity index (χ1v) is 5.06. The SMILES string of the molecule is CC.CCOc1c(F)c(C)c(F)c(N)c1F. The van der Waals surface area contributed by atoms with Crippen molar-refractivity contribution in [3.05, 3.63) is 23.0 Å². The van der Waals surface area contributed by atoms with Gasteiger partial charge in [0, 0.05) is 5.56 Å². The number of hydrogen-bond acceptors (Lipinski definition) is 2. The van der Waals surface area contributed by atoms with Gasteiger partial charge in [-0.15, -0.1) is 0 Å². The van der Waals surface area contributed by atoms with Gasteiger partial charge in [-0.1, -0.05) is 13.8 Å². The van der Waals surface area contributed by atoms with Crippen molar-refractivity contribution in [3.63, 3.8) is 0 Å². The fourth-order valence-corrected chi connectivity index (χ4v) is 1.05. The van der Waals surface area contributed by atoms with Crippen LogP contribution in [0.15, 0.2) is 0 Å². The Morgan fingerprint density at radius 1 is 1.06 bits per heavy atom. The predicted octanol–water partition coefficient (Wildman–Crippen LogP) is 3.42. The molecule has 0 heterocycles. The minimum absolute atomic E-state index is 0.0817. The first kappa shape index (κ1) is 14.6. The summed E-state index contributed by atoms with van der Waals surface area (Å²) in [5.74, 6) is -3.93. The minimum Gasteiger partial charge on any atom is -0.488 e. The molecule has 2 nitrogen and oxygen atoms in total. The third kappa shape index (κ3) is 2.59. The van der Waals surface area contributed by atoms with Gasteiger partial charge in [0.15, 0.2) is 23.2 Å². The maximum atomic E-state index is 13.2. The molecular weight excluding hydrogens is 219 g/mol. The highest BCUT2D eigenvalue weighted by atomic mass is 19.1. The van der Waals surface area contributed by atoms with E-state index in [9.17, 15) is 13.2 Å². The zero-order valence-corrected chi connectivity index (χ0v) is 9.83. The maximum absolute atomic E-state index is 13.2. The van der Waals surface area contributed by atoms with E-state index in [0.29, 0.717) is 0 Å². The van der Waals surface area contributed by atoms with E-state index in [1.807, 2.05) is 13.8 Å². The maximum Gasteiger partial charge on any atom is 0.193 e. The highest BCUT2D eigenvalue weighted by Gasteiger charge is 2.21. The molecule has 0 saturated carbocycles. The van der Waals surface area contributed by atoms with Crippen LogP contribution in [0.2, 0.25) is 0 Å². The third-order valence-corrected chi connectivity index (χ3v) is 1.82. The molecule has 5 heteroatoms. The van der Waals surface area contributed by atoms with E-state index >= 15 is 0 Å². The van der Waals surface area contributed by atoms with Gasteiger partial charge in [0.2, 0.25) is 0 Å². The van der Waals surface area contributed by atoms with Crippen molar-refractivity contribution in [2.75, 3.05) is 12.3 Å². The zero-order valence-electron chi connectivity index (χ0n) is 9.83. The normalized spacial score (nSPS) is 9.44. The Bertz CT molecular complexity index is 338. The van der Waals surface area contributed by atoms with Gasteiger partial charge in [-0.3, -0.25) is 0 Å². The van der Waals surface area contributed by atoms with E-state index in [4.69, 9.17) is 5.73 Å². The second-order valence-electron chi connectivity index (χ2n) is 2.74. The van der Waals surface area contributed by atoms with Crippen LogP contribution < -0.4 is 10.5 Å². The highest BCUT2D eigenvalue weighted by Crippen LogP contribution is 2.31. The minimum atomic E-state index is -1.19. The van der Waals surface area contributed by atoms with Crippen LogP contribution in [0.3, 0.4) is 0 Å².